The van der Waals surface area contributed by atoms with Gasteiger partial charge in [-0.15, -0.1) is 0 Å². The highest BCUT2D eigenvalue weighted by atomic mass is 16.3. The topological polar surface area (TPSA) is 61.8 Å². The minimum absolute atomic E-state index is 0.534. The summed E-state index contributed by atoms with van der Waals surface area (Å²) in [6.45, 7) is 4.92. The van der Waals surface area contributed by atoms with Gasteiger partial charge < -0.3 is 5.11 Å². The first kappa shape index (κ1) is 14.3. The smallest absolute Gasteiger partial charge is 0.0991 e. The predicted molar refractivity (Wildman–Crippen MR) is 77.1 cm³/mol. The maximum atomic E-state index is 10.3. The molecule has 0 fully saturated rings. The number of aliphatic hydroxyl groups is 1. The summed E-state index contributed by atoms with van der Waals surface area (Å²) in [4.78, 5) is 0. The van der Waals surface area contributed by atoms with E-state index >= 15 is 0 Å². The van der Waals surface area contributed by atoms with Crippen LogP contribution in [-0.4, -0.2) is 14.9 Å². The van der Waals surface area contributed by atoms with E-state index in [0.29, 0.717) is 12.0 Å². The number of rotatable bonds is 5. The van der Waals surface area contributed by atoms with E-state index in [2.05, 4.69) is 24.2 Å². The summed E-state index contributed by atoms with van der Waals surface area (Å²) in [5.41, 5.74) is 3.52. The molecule has 1 atom stereocenters. The number of aliphatic hydroxyl groups excluding tert-OH is 1. The van der Waals surface area contributed by atoms with E-state index in [1.54, 1.807) is 24.3 Å². The third-order valence-corrected chi connectivity index (χ3v) is 3.40. The summed E-state index contributed by atoms with van der Waals surface area (Å²) < 4.78 is 1.94. The van der Waals surface area contributed by atoms with Crippen molar-refractivity contribution >= 4 is 0 Å². The van der Waals surface area contributed by atoms with Crippen LogP contribution in [0.25, 0.3) is 0 Å². The van der Waals surface area contributed by atoms with Crippen LogP contribution in [-0.2, 0) is 19.4 Å². The third kappa shape index (κ3) is 3.06. The van der Waals surface area contributed by atoms with Gasteiger partial charge in [0.15, 0.2) is 0 Å². The lowest BCUT2D eigenvalue weighted by atomic mass is 10.0. The van der Waals surface area contributed by atoms with Crippen molar-refractivity contribution < 1.29 is 5.11 Å². The van der Waals surface area contributed by atoms with Crippen molar-refractivity contribution in [3.8, 4) is 6.07 Å². The minimum Gasteiger partial charge on any atom is -0.388 e. The zero-order valence-electron chi connectivity index (χ0n) is 11.9. The highest BCUT2D eigenvalue weighted by Gasteiger charge is 2.13. The number of hydrogen-bond donors (Lipinski definition) is 1. The molecule has 4 heteroatoms. The van der Waals surface area contributed by atoms with E-state index < -0.39 is 6.10 Å². The van der Waals surface area contributed by atoms with Gasteiger partial charge in [-0.1, -0.05) is 19.1 Å². The van der Waals surface area contributed by atoms with Gasteiger partial charge in [-0.3, -0.25) is 4.68 Å². The Bertz CT molecular complexity index is 608. The molecule has 0 radical (unpaired) electrons. The van der Waals surface area contributed by atoms with E-state index in [1.165, 1.54) is 0 Å². The Morgan fingerprint density at radius 2 is 2.00 bits per heavy atom. The molecule has 1 aromatic heterocycles. The van der Waals surface area contributed by atoms with E-state index in [4.69, 9.17) is 5.26 Å². The van der Waals surface area contributed by atoms with Crippen molar-refractivity contribution in [3.63, 3.8) is 0 Å². The molecule has 0 saturated carbocycles. The van der Waals surface area contributed by atoms with Crippen molar-refractivity contribution in [2.75, 3.05) is 0 Å². The molecule has 2 aromatic rings. The molecule has 0 aliphatic rings. The maximum absolute atomic E-state index is 10.3. The second kappa shape index (κ2) is 6.36. The molecule has 1 heterocycles. The molecule has 0 spiro atoms. The Labute approximate surface area is 119 Å². The second-order valence-corrected chi connectivity index (χ2v) is 4.75. The van der Waals surface area contributed by atoms with Gasteiger partial charge in [-0.05, 0) is 37.1 Å². The van der Waals surface area contributed by atoms with Crippen molar-refractivity contribution in [1.29, 1.82) is 5.26 Å². The molecule has 2 rings (SSSR count). The molecule has 20 heavy (non-hydrogen) atoms. The van der Waals surface area contributed by atoms with Gasteiger partial charge in [0, 0.05) is 18.7 Å². The highest BCUT2D eigenvalue weighted by molar-refractivity contribution is 5.32. The molecule has 0 saturated heterocycles. The standard InChI is InChI=1S/C16H19N3O/c1-3-14-9-15(19(4-2)18-14)10-16(20)13-7-5-12(11-17)6-8-13/h5-9,16,20H,3-4,10H2,1-2H3. The van der Waals surface area contributed by atoms with Crippen LogP contribution in [0.1, 0.15) is 42.5 Å². The zero-order valence-corrected chi connectivity index (χ0v) is 11.9. The van der Waals surface area contributed by atoms with Crippen LogP contribution in [0, 0.1) is 11.3 Å². The Kier molecular flexibility index (Phi) is 4.54. The number of aryl methyl sites for hydroxylation is 2. The van der Waals surface area contributed by atoms with Gasteiger partial charge in [-0.2, -0.15) is 10.4 Å². The molecular formula is C16H19N3O. The Balaban J connectivity index is 2.16. The largest absolute Gasteiger partial charge is 0.388 e. The first-order valence-corrected chi connectivity index (χ1v) is 6.91. The Morgan fingerprint density at radius 1 is 1.30 bits per heavy atom. The summed E-state index contributed by atoms with van der Waals surface area (Å²) in [5, 5.41) is 23.6. The summed E-state index contributed by atoms with van der Waals surface area (Å²) in [5.74, 6) is 0. The fourth-order valence-corrected chi connectivity index (χ4v) is 2.22. The lowest BCUT2D eigenvalue weighted by Crippen LogP contribution is -2.08. The van der Waals surface area contributed by atoms with Gasteiger partial charge in [0.2, 0.25) is 0 Å². The van der Waals surface area contributed by atoms with Crippen LogP contribution in [0.2, 0.25) is 0 Å². The normalized spacial score (nSPS) is 12.1. The molecule has 0 aliphatic carbocycles. The Hall–Kier alpha value is -2.12. The maximum Gasteiger partial charge on any atom is 0.0991 e. The van der Waals surface area contributed by atoms with E-state index in [1.807, 2.05) is 11.6 Å². The zero-order chi connectivity index (χ0) is 14.5. The fourth-order valence-electron chi connectivity index (χ4n) is 2.22. The van der Waals surface area contributed by atoms with Crippen molar-refractivity contribution in [1.82, 2.24) is 9.78 Å². The van der Waals surface area contributed by atoms with Gasteiger partial charge in [-0.25, -0.2) is 0 Å². The number of nitrogens with zero attached hydrogens (tertiary/aromatic N) is 3. The fraction of sp³-hybridized carbons (Fsp3) is 0.375. The van der Waals surface area contributed by atoms with E-state index in [9.17, 15) is 5.11 Å². The molecule has 104 valence electrons. The lowest BCUT2D eigenvalue weighted by Gasteiger charge is -2.12. The SMILES string of the molecule is CCc1cc(CC(O)c2ccc(C#N)cc2)n(CC)n1. The minimum atomic E-state index is -0.575. The molecule has 0 amide bonds. The number of hydrogen-bond acceptors (Lipinski definition) is 3. The summed E-state index contributed by atoms with van der Waals surface area (Å²) in [7, 11) is 0. The average Bonchev–Trinajstić information content (AvgIpc) is 2.89. The van der Waals surface area contributed by atoms with Crippen molar-refractivity contribution in [2.24, 2.45) is 0 Å². The molecule has 1 unspecified atom stereocenters. The van der Waals surface area contributed by atoms with Crippen LogP contribution in [0.5, 0.6) is 0 Å². The predicted octanol–water partition coefficient (Wildman–Crippen LogP) is 2.61. The van der Waals surface area contributed by atoms with Crippen LogP contribution in [0.15, 0.2) is 30.3 Å². The van der Waals surface area contributed by atoms with Gasteiger partial charge >= 0.3 is 0 Å². The van der Waals surface area contributed by atoms with Gasteiger partial charge in [0.05, 0.1) is 23.4 Å². The third-order valence-electron chi connectivity index (χ3n) is 3.40. The number of nitriles is 1. The average molecular weight is 269 g/mol. The van der Waals surface area contributed by atoms with Gasteiger partial charge in [0.25, 0.3) is 0 Å². The second-order valence-electron chi connectivity index (χ2n) is 4.75. The summed E-state index contributed by atoms with van der Waals surface area (Å²) in [6, 6.07) is 11.2. The summed E-state index contributed by atoms with van der Waals surface area (Å²) in [6.07, 6.45) is 0.856. The molecular weight excluding hydrogens is 250 g/mol. The molecule has 1 aromatic carbocycles. The lowest BCUT2D eigenvalue weighted by molar-refractivity contribution is 0.175. The van der Waals surface area contributed by atoms with Crippen molar-refractivity contribution in [2.45, 2.75) is 39.3 Å². The molecule has 1 N–H and O–H groups in total. The first-order chi connectivity index (χ1) is 9.67. The van der Waals surface area contributed by atoms with E-state index in [-0.39, 0.29) is 0 Å². The highest BCUT2D eigenvalue weighted by Crippen LogP contribution is 2.19. The number of benzene rings is 1. The monoisotopic (exact) mass is 269 g/mol. The number of aromatic nitrogens is 2. The first-order valence-electron chi connectivity index (χ1n) is 6.91. The molecule has 0 bridgehead atoms. The van der Waals surface area contributed by atoms with Crippen LogP contribution in [0.4, 0.5) is 0 Å². The van der Waals surface area contributed by atoms with Crippen LogP contribution in [0.3, 0.4) is 0 Å². The quantitative estimate of drug-likeness (QED) is 0.907. The Morgan fingerprint density at radius 3 is 2.55 bits per heavy atom. The van der Waals surface area contributed by atoms with E-state index in [0.717, 1.165) is 29.9 Å². The molecule has 4 nitrogen and oxygen atoms in total. The van der Waals surface area contributed by atoms with Crippen LogP contribution < -0.4 is 0 Å². The molecule has 0 aliphatic heterocycles. The van der Waals surface area contributed by atoms with Gasteiger partial charge in [0.1, 0.15) is 0 Å². The van der Waals surface area contributed by atoms with Crippen LogP contribution >= 0.6 is 0 Å². The van der Waals surface area contributed by atoms with Crippen molar-refractivity contribution in [3.05, 3.63) is 52.8 Å². The summed E-state index contributed by atoms with van der Waals surface area (Å²) >= 11 is 0.